The van der Waals surface area contributed by atoms with E-state index < -0.39 is 35.5 Å². The fourth-order valence-electron chi connectivity index (χ4n) is 4.91. The molecule has 2 aromatic carbocycles. The number of carbonyl (C=O) groups excluding carboxylic acids is 4. The van der Waals surface area contributed by atoms with Gasteiger partial charge in [-0.15, -0.1) is 0 Å². The lowest BCUT2D eigenvalue weighted by molar-refractivity contribution is -0.129. The van der Waals surface area contributed by atoms with E-state index in [-0.39, 0.29) is 29.0 Å². The first-order chi connectivity index (χ1) is 21.1. The summed E-state index contributed by atoms with van der Waals surface area (Å²) in [6.45, 7) is 7.90. The minimum Gasteiger partial charge on any atom is -0.507 e. The third kappa shape index (κ3) is 11.9. The second-order valence-corrected chi connectivity index (χ2v) is 11.5. The summed E-state index contributed by atoms with van der Waals surface area (Å²) in [4.78, 5) is 51.6. The van der Waals surface area contributed by atoms with E-state index in [0.717, 1.165) is 75.3 Å². The summed E-state index contributed by atoms with van der Waals surface area (Å²) in [5.41, 5.74) is 11.6. The monoisotopic (exact) mass is 610 g/mol. The summed E-state index contributed by atoms with van der Waals surface area (Å²) in [6, 6.07) is 9.72. The van der Waals surface area contributed by atoms with Gasteiger partial charge < -0.3 is 10.2 Å². The molecule has 10 heteroatoms. The van der Waals surface area contributed by atoms with Crippen LogP contribution < -0.4 is 21.7 Å². The Morgan fingerprint density at radius 2 is 1.11 bits per heavy atom. The van der Waals surface area contributed by atoms with Gasteiger partial charge >= 0.3 is 0 Å². The van der Waals surface area contributed by atoms with Gasteiger partial charge in [0.05, 0.1) is 11.1 Å². The van der Waals surface area contributed by atoms with Crippen molar-refractivity contribution in [1.82, 2.24) is 21.7 Å². The zero-order valence-corrected chi connectivity index (χ0v) is 26.6. The predicted octanol–water partition coefficient (Wildman–Crippen LogP) is 5.62. The lowest BCUT2D eigenvalue weighted by Gasteiger charge is -2.21. The highest BCUT2D eigenvalue weighted by molar-refractivity contribution is 5.99. The van der Waals surface area contributed by atoms with E-state index in [9.17, 15) is 29.4 Å². The van der Waals surface area contributed by atoms with E-state index in [4.69, 9.17) is 0 Å². The van der Waals surface area contributed by atoms with Crippen molar-refractivity contribution < 1.29 is 29.4 Å². The maximum atomic E-state index is 13.2. The zero-order valence-electron chi connectivity index (χ0n) is 26.6. The Morgan fingerprint density at radius 1 is 0.636 bits per heavy atom. The molecule has 0 aromatic heterocycles. The zero-order chi connectivity index (χ0) is 32.5. The quantitative estimate of drug-likeness (QED) is 0.101. The molecule has 2 unspecified atom stereocenters. The second-order valence-electron chi connectivity index (χ2n) is 11.5. The third-order valence-electron chi connectivity index (χ3n) is 7.71. The number of nitrogens with one attached hydrogen (secondary N) is 4. The fraction of sp³-hybridized carbons (Fsp3) is 0.529. The first-order valence-corrected chi connectivity index (χ1v) is 15.9. The largest absolute Gasteiger partial charge is 0.507 e. The van der Waals surface area contributed by atoms with Crippen LogP contribution in [0.3, 0.4) is 0 Å². The molecule has 6 N–H and O–H groups in total. The molecule has 0 heterocycles. The first kappa shape index (κ1) is 36.1. The molecule has 242 valence electrons. The van der Waals surface area contributed by atoms with Gasteiger partial charge in [0.25, 0.3) is 11.8 Å². The molecule has 2 aromatic rings. The van der Waals surface area contributed by atoms with Gasteiger partial charge in [0.1, 0.15) is 11.5 Å². The lowest BCUT2D eigenvalue weighted by atomic mass is 9.90. The molecular formula is C34H50N4O6. The summed E-state index contributed by atoms with van der Waals surface area (Å²) >= 11 is 0. The van der Waals surface area contributed by atoms with Crippen molar-refractivity contribution >= 4 is 23.6 Å². The molecule has 2 rings (SSSR count). The number of hydrazine groups is 2. The molecule has 0 spiro atoms. The summed E-state index contributed by atoms with van der Waals surface area (Å²) < 4.78 is 0. The predicted molar refractivity (Wildman–Crippen MR) is 171 cm³/mol. The van der Waals surface area contributed by atoms with Gasteiger partial charge in [0.2, 0.25) is 11.8 Å². The van der Waals surface area contributed by atoms with Crippen LogP contribution in [-0.2, 0) is 22.4 Å². The number of hydrogen-bond acceptors (Lipinski definition) is 6. The highest BCUT2D eigenvalue weighted by Crippen LogP contribution is 2.22. The standard InChI is InChI=1S/C34H50N4O6/c1-5-8-11-12-15-26(32(42)36-38-34(44)28-22-25(14-10-7-3)17-19-30(28)40)20-23(4)31(41)35-37-33(43)27-21-24(13-9-6-2)16-18-29(27)39/h16-19,21-23,26,39-40H,5-15,20H2,1-4H3,(H,35,41)(H,36,42)(H,37,43)(H,38,44). The molecule has 4 amide bonds. The summed E-state index contributed by atoms with van der Waals surface area (Å²) in [7, 11) is 0. The van der Waals surface area contributed by atoms with Gasteiger partial charge in [-0.25, -0.2) is 0 Å². The van der Waals surface area contributed by atoms with E-state index >= 15 is 0 Å². The van der Waals surface area contributed by atoms with E-state index in [1.165, 1.54) is 12.1 Å². The molecule has 44 heavy (non-hydrogen) atoms. The molecule has 0 radical (unpaired) electrons. The highest BCUT2D eigenvalue weighted by atomic mass is 16.3. The molecule has 0 saturated carbocycles. The van der Waals surface area contributed by atoms with Gasteiger partial charge in [-0.2, -0.15) is 0 Å². The molecular weight excluding hydrogens is 560 g/mol. The number of phenols is 2. The number of benzene rings is 2. The maximum absolute atomic E-state index is 13.2. The van der Waals surface area contributed by atoms with Gasteiger partial charge in [-0.3, -0.25) is 40.9 Å². The maximum Gasteiger partial charge on any atom is 0.273 e. The topological polar surface area (TPSA) is 157 Å². The van der Waals surface area contributed by atoms with E-state index in [1.807, 2.05) is 0 Å². The van der Waals surface area contributed by atoms with Gasteiger partial charge in [-0.05, 0) is 73.9 Å². The molecule has 0 fully saturated rings. The van der Waals surface area contributed by atoms with Crippen LogP contribution in [0.25, 0.3) is 0 Å². The Labute approximate surface area is 261 Å². The molecule has 10 nitrogen and oxygen atoms in total. The number of phenolic OH excluding ortho intramolecular Hbond substituents is 2. The normalized spacial score (nSPS) is 12.2. The number of aryl methyl sites for hydroxylation is 2. The SMILES string of the molecule is CCCCCCC(CC(C)C(=O)NNC(=O)c1cc(CCCC)ccc1O)C(=O)NNC(=O)c1cc(CCCC)ccc1O. The van der Waals surface area contributed by atoms with Crippen molar-refractivity contribution in [3.05, 3.63) is 58.7 Å². The number of hydrogen-bond donors (Lipinski definition) is 6. The van der Waals surface area contributed by atoms with Crippen molar-refractivity contribution in [3.63, 3.8) is 0 Å². The highest BCUT2D eigenvalue weighted by Gasteiger charge is 2.26. The Bertz CT molecular complexity index is 1250. The molecule has 0 aliphatic carbocycles. The second kappa shape index (κ2) is 19.2. The number of carbonyl (C=O) groups is 4. The van der Waals surface area contributed by atoms with E-state index in [0.29, 0.717) is 6.42 Å². The van der Waals surface area contributed by atoms with Crippen molar-refractivity contribution in [3.8, 4) is 11.5 Å². The molecule has 2 atom stereocenters. The Hall–Kier alpha value is -4.08. The Balaban J connectivity index is 2.00. The molecule has 0 aliphatic heterocycles. The number of rotatable bonds is 17. The van der Waals surface area contributed by atoms with Crippen LogP contribution in [0, 0.1) is 11.8 Å². The van der Waals surface area contributed by atoms with Crippen LogP contribution in [0.4, 0.5) is 0 Å². The van der Waals surface area contributed by atoms with Crippen molar-refractivity contribution in [2.75, 3.05) is 0 Å². The lowest BCUT2D eigenvalue weighted by Crippen LogP contribution is -2.47. The average molecular weight is 611 g/mol. The average Bonchev–Trinajstić information content (AvgIpc) is 3.02. The minimum absolute atomic E-state index is 0.0670. The minimum atomic E-state index is -0.642. The van der Waals surface area contributed by atoms with Gasteiger partial charge in [-0.1, -0.05) is 78.4 Å². The number of aromatic hydroxyl groups is 2. The summed E-state index contributed by atoms with van der Waals surface area (Å²) in [5.74, 6) is -3.77. The van der Waals surface area contributed by atoms with Crippen molar-refractivity contribution in [1.29, 1.82) is 0 Å². The van der Waals surface area contributed by atoms with Gasteiger partial charge in [0, 0.05) is 11.8 Å². The van der Waals surface area contributed by atoms with E-state index in [1.54, 1.807) is 31.2 Å². The third-order valence-corrected chi connectivity index (χ3v) is 7.71. The van der Waals surface area contributed by atoms with Crippen LogP contribution in [0.1, 0.15) is 124 Å². The van der Waals surface area contributed by atoms with Crippen LogP contribution >= 0.6 is 0 Å². The van der Waals surface area contributed by atoms with Crippen molar-refractivity contribution in [2.24, 2.45) is 11.8 Å². The van der Waals surface area contributed by atoms with Crippen LogP contribution in [0.2, 0.25) is 0 Å². The number of amides is 4. The van der Waals surface area contributed by atoms with Gasteiger partial charge in [0.15, 0.2) is 0 Å². The van der Waals surface area contributed by atoms with Crippen LogP contribution in [0.15, 0.2) is 36.4 Å². The first-order valence-electron chi connectivity index (χ1n) is 15.9. The van der Waals surface area contributed by atoms with E-state index in [2.05, 4.69) is 42.5 Å². The summed E-state index contributed by atoms with van der Waals surface area (Å²) in [6.07, 6.45) is 9.91. The Morgan fingerprint density at radius 3 is 1.59 bits per heavy atom. The van der Waals surface area contributed by atoms with Crippen LogP contribution in [0.5, 0.6) is 11.5 Å². The van der Waals surface area contributed by atoms with Crippen LogP contribution in [-0.4, -0.2) is 33.8 Å². The fourth-order valence-corrected chi connectivity index (χ4v) is 4.91. The summed E-state index contributed by atoms with van der Waals surface area (Å²) in [5, 5.41) is 20.4. The molecule has 0 saturated heterocycles. The smallest absolute Gasteiger partial charge is 0.273 e. The number of unbranched alkanes of at least 4 members (excludes halogenated alkanes) is 5. The Kier molecular flexibility index (Phi) is 15.8. The molecule has 0 aliphatic rings. The van der Waals surface area contributed by atoms with Crippen molar-refractivity contribution in [2.45, 2.75) is 105 Å². The molecule has 0 bridgehead atoms.